The fourth-order valence-corrected chi connectivity index (χ4v) is 0.853. The number of carboxylic acid groups (broad SMARTS) is 1. The summed E-state index contributed by atoms with van der Waals surface area (Å²) in [4.78, 5) is 32.4. The second-order valence-corrected chi connectivity index (χ2v) is 4.28. The number of nitrogens with one attached hydrogen (secondary N) is 2. The summed E-state index contributed by atoms with van der Waals surface area (Å²) in [5, 5.41) is 13.0. The first kappa shape index (κ1) is 15.0. The lowest BCUT2D eigenvalue weighted by atomic mass is 10.2. The van der Waals surface area contributed by atoms with Crippen molar-refractivity contribution in [1.82, 2.24) is 10.6 Å². The van der Waals surface area contributed by atoms with Gasteiger partial charge in [-0.05, 0) is 20.8 Å². The van der Waals surface area contributed by atoms with Gasteiger partial charge in [0.1, 0.15) is 11.6 Å². The van der Waals surface area contributed by atoms with Crippen LogP contribution in [0, 0.1) is 0 Å². The molecule has 0 unspecified atom stereocenters. The molecule has 17 heavy (non-hydrogen) atoms. The summed E-state index contributed by atoms with van der Waals surface area (Å²) in [5.41, 5.74) is 4.05. The molecule has 98 valence electrons. The van der Waals surface area contributed by atoms with Gasteiger partial charge < -0.3 is 26.2 Å². The third-order valence-corrected chi connectivity index (χ3v) is 1.47. The monoisotopic (exact) mass is 247 g/mol. The minimum Gasteiger partial charge on any atom is -0.480 e. The minimum absolute atomic E-state index is 0.316. The van der Waals surface area contributed by atoms with Crippen LogP contribution in [0.5, 0.6) is 0 Å². The molecular weight excluding hydrogens is 230 g/mol. The molecule has 0 radical (unpaired) electrons. The number of carbonyl (C=O) groups is 3. The Labute approximate surface area is 98.5 Å². The molecule has 0 heterocycles. The van der Waals surface area contributed by atoms with Gasteiger partial charge in [-0.3, -0.25) is 0 Å². The van der Waals surface area contributed by atoms with Crippen molar-refractivity contribution in [1.29, 1.82) is 0 Å². The Morgan fingerprint density at radius 3 is 2.24 bits per heavy atom. The molecule has 0 aliphatic heterocycles. The van der Waals surface area contributed by atoms with E-state index >= 15 is 0 Å². The maximum absolute atomic E-state index is 11.3. The number of amides is 3. The quantitative estimate of drug-likeness (QED) is 0.538. The standard InChI is InChI=1S/C9H17N3O5/c1-9(2,3)17-8(16)12-5(6(13)14)4-11-7(10)15/h5H,4H2,1-3H3,(H,12,16)(H,13,14)(H3,10,11,15)/t5-/m0/s1. The topological polar surface area (TPSA) is 131 Å². The Bertz CT molecular complexity index is 310. The van der Waals surface area contributed by atoms with Crippen LogP contribution in [0.1, 0.15) is 20.8 Å². The number of urea groups is 1. The number of carboxylic acids is 1. The SMILES string of the molecule is CC(C)(C)OC(=O)N[C@@H](CNC(N)=O)C(=O)O. The maximum Gasteiger partial charge on any atom is 0.408 e. The summed E-state index contributed by atoms with van der Waals surface area (Å²) < 4.78 is 4.87. The summed E-state index contributed by atoms with van der Waals surface area (Å²) in [6, 6.07) is -2.17. The van der Waals surface area contributed by atoms with E-state index in [1.54, 1.807) is 20.8 Å². The molecule has 0 aromatic heterocycles. The van der Waals surface area contributed by atoms with Crippen molar-refractivity contribution in [2.75, 3.05) is 6.54 Å². The van der Waals surface area contributed by atoms with Gasteiger partial charge in [-0.25, -0.2) is 14.4 Å². The van der Waals surface area contributed by atoms with Crippen LogP contribution in [0.4, 0.5) is 9.59 Å². The number of hydrogen-bond acceptors (Lipinski definition) is 4. The van der Waals surface area contributed by atoms with Crippen LogP contribution in [0.3, 0.4) is 0 Å². The molecule has 5 N–H and O–H groups in total. The van der Waals surface area contributed by atoms with E-state index in [-0.39, 0.29) is 6.54 Å². The number of hydrogen-bond donors (Lipinski definition) is 4. The van der Waals surface area contributed by atoms with Gasteiger partial charge in [0.15, 0.2) is 0 Å². The first-order valence-corrected chi connectivity index (χ1v) is 4.87. The van der Waals surface area contributed by atoms with Crippen molar-refractivity contribution in [2.24, 2.45) is 5.73 Å². The third kappa shape index (κ3) is 7.88. The molecule has 0 rings (SSSR count). The number of primary amides is 1. The molecule has 1 atom stereocenters. The molecule has 8 heteroatoms. The van der Waals surface area contributed by atoms with Crippen molar-refractivity contribution in [2.45, 2.75) is 32.4 Å². The van der Waals surface area contributed by atoms with Gasteiger partial charge in [0.25, 0.3) is 0 Å². The van der Waals surface area contributed by atoms with Gasteiger partial charge in [0.05, 0.1) is 6.54 Å². The van der Waals surface area contributed by atoms with Crippen molar-refractivity contribution in [3.05, 3.63) is 0 Å². The molecule has 0 aromatic carbocycles. The van der Waals surface area contributed by atoms with Crippen LogP contribution in [0.25, 0.3) is 0 Å². The normalized spacial score (nSPS) is 12.4. The highest BCUT2D eigenvalue weighted by atomic mass is 16.6. The number of aliphatic carboxylic acids is 1. The second kappa shape index (κ2) is 5.92. The molecule has 0 aliphatic rings. The zero-order valence-electron chi connectivity index (χ0n) is 9.94. The third-order valence-electron chi connectivity index (χ3n) is 1.47. The largest absolute Gasteiger partial charge is 0.480 e. The van der Waals surface area contributed by atoms with Crippen LogP contribution in [0.15, 0.2) is 0 Å². The van der Waals surface area contributed by atoms with Crippen molar-refractivity contribution in [3.8, 4) is 0 Å². The van der Waals surface area contributed by atoms with E-state index in [0.29, 0.717) is 0 Å². The molecule has 0 fully saturated rings. The number of nitrogens with two attached hydrogens (primary N) is 1. The van der Waals surface area contributed by atoms with E-state index in [1.807, 2.05) is 0 Å². The number of carbonyl (C=O) groups excluding carboxylic acids is 2. The van der Waals surface area contributed by atoms with Gasteiger partial charge in [-0.15, -0.1) is 0 Å². The van der Waals surface area contributed by atoms with Gasteiger partial charge >= 0.3 is 18.1 Å². The van der Waals surface area contributed by atoms with Crippen molar-refractivity contribution in [3.63, 3.8) is 0 Å². The lowest BCUT2D eigenvalue weighted by molar-refractivity contribution is -0.139. The van der Waals surface area contributed by atoms with Gasteiger partial charge in [-0.2, -0.15) is 0 Å². The highest BCUT2D eigenvalue weighted by molar-refractivity contribution is 5.81. The molecule has 0 spiro atoms. The minimum atomic E-state index is -1.30. The smallest absolute Gasteiger partial charge is 0.408 e. The van der Waals surface area contributed by atoms with Crippen LogP contribution in [-0.2, 0) is 9.53 Å². The van der Waals surface area contributed by atoms with Crippen LogP contribution >= 0.6 is 0 Å². The van der Waals surface area contributed by atoms with E-state index in [9.17, 15) is 14.4 Å². The highest BCUT2D eigenvalue weighted by Gasteiger charge is 2.23. The summed E-state index contributed by atoms with van der Waals surface area (Å²) in [7, 11) is 0. The lowest BCUT2D eigenvalue weighted by Crippen LogP contribution is -2.50. The van der Waals surface area contributed by atoms with E-state index < -0.39 is 29.7 Å². The Hall–Kier alpha value is -1.99. The van der Waals surface area contributed by atoms with E-state index in [4.69, 9.17) is 15.6 Å². The molecule has 0 saturated carbocycles. The molecule has 8 nitrogen and oxygen atoms in total. The zero-order valence-corrected chi connectivity index (χ0v) is 9.94. The second-order valence-electron chi connectivity index (χ2n) is 4.28. The Balaban J connectivity index is 4.30. The van der Waals surface area contributed by atoms with Gasteiger partial charge in [0.2, 0.25) is 0 Å². The predicted octanol–water partition coefficient (Wildman–Crippen LogP) is -0.367. The molecule has 0 aliphatic carbocycles. The lowest BCUT2D eigenvalue weighted by Gasteiger charge is -2.21. The molecule has 3 amide bonds. The Kier molecular flexibility index (Phi) is 5.23. The number of ether oxygens (including phenoxy) is 1. The van der Waals surface area contributed by atoms with E-state index in [1.165, 1.54) is 0 Å². The summed E-state index contributed by atoms with van der Waals surface area (Å²) in [5.74, 6) is -1.30. The number of alkyl carbamates (subject to hydrolysis) is 1. The highest BCUT2D eigenvalue weighted by Crippen LogP contribution is 2.06. The van der Waals surface area contributed by atoms with Crippen LogP contribution in [0.2, 0.25) is 0 Å². The maximum atomic E-state index is 11.3. The fourth-order valence-electron chi connectivity index (χ4n) is 0.853. The Morgan fingerprint density at radius 2 is 1.88 bits per heavy atom. The summed E-state index contributed by atoms with van der Waals surface area (Å²) >= 11 is 0. The zero-order chi connectivity index (χ0) is 13.6. The van der Waals surface area contributed by atoms with E-state index in [0.717, 1.165) is 0 Å². The molecular formula is C9H17N3O5. The van der Waals surface area contributed by atoms with Gasteiger partial charge in [-0.1, -0.05) is 0 Å². The summed E-state index contributed by atoms with van der Waals surface area (Å²) in [6.07, 6.45) is -0.879. The van der Waals surface area contributed by atoms with E-state index in [2.05, 4.69) is 10.6 Å². The van der Waals surface area contributed by atoms with Crippen LogP contribution in [-0.4, -0.2) is 41.4 Å². The van der Waals surface area contributed by atoms with Crippen molar-refractivity contribution < 1.29 is 24.2 Å². The molecule has 0 saturated heterocycles. The first-order valence-electron chi connectivity index (χ1n) is 4.87. The average Bonchev–Trinajstić information content (AvgIpc) is 2.08. The van der Waals surface area contributed by atoms with Crippen LogP contribution < -0.4 is 16.4 Å². The first-order chi connectivity index (χ1) is 7.61. The summed E-state index contributed by atoms with van der Waals surface area (Å²) in [6.45, 7) is 4.61. The fraction of sp³-hybridized carbons (Fsp3) is 0.667. The average molecular weight is 247 g/mol. The number of rotatable bonds is 4. The Morgan fingerprint density at radius 1 is 1.35 bits per heavy atom. The molecule has 0 bridgehead atoms. The van der Waals surface area contributed by atoms with Crippen molar-refractivity contribution >= 4 is 18.1 Å². The molecule has 0 aromatic rings. The predicted molar refractivity (Wildman–Crippen MR) is 58.4 cm³/mol. The van der Waals surface area contributed by atoms with Gasteiger partial charge in [0, 0.05) is 0 Å².